The van der Waals surface area contributed by atoms with Gasteiger partial charge in [-0.25, -0.2) is 0 Å². The molecule has 0 heterocycles. The normalized spacial score (nSPS) is 12.0. The Labute approximate surface area is 327 Å². The maximum absolute atomic E-state index is 10.2. The number of nitrogens with two attached hydrogens (primary N) is 1. The van der Waals surface area contributed by atoms with E-state index in [1.807, 2.05) is 43.3 Å². The van der Waals surface area contributed by atoms with Gasteiger partial charge in [-0.2, -0.15) is 5.26 Å². The van der Waals surface area contributed by atoms with Crippen LogP contribution in [0.25, 0.3) is 77.2 Å². The van der Waals surface area contributed by atoms with Crippen molar-refractivity contribution < 1.29 is 0 Å². The van der Waals surface area contributed by atoms with Crippen LogP contribution in [0.15, 0.2) is 188 Å². The SMILES string of the molecule is CC(N)c1ccccc1N(c1ccc(-c2ccc3c4c(cccc24)-c2c-3c(-c3ccccc3)c3ccccc3c2-c2ccccc2)cc1)c1ccccc1C#N. The Kier molecular flexibility index (Phi) is 8.07. The Morgan fingerprint density at radius 3 is 1.59 bits per heavy atom. The van der Waals surface area contributed by atoms with E-state index in [1.165, 1.54) is 71.6 Å². The van der Waals surface area contributed by atoms with E-state index in [0.717, 1.165) is 28.2 Å². The van der Waals surface area contributed by atoms with Gasteiger partial charge in [0, 0.05) is 11.7 Å². The molecule has 9 aromatic rings. The molecule has 1 atom stereocenters. The fourth-order valence-corrected chi connectivity index (χ4v) is 8.90. The minimum atomic E-state index is -0.192. The van der Waals surface area contributed by atoms with E-state index in [2.05, 4.69) is 163 Å². The predicted octanol–water partition coefficient (Wildman–Crippen LogP) is 14.0. The van der Waals surface area contributed by atoms with Crippen molar-refractivity contribution in [1.82, 2.24) is 0 Å². The van der Waals surface area contributed by atoms with Crippen molar-refractivity contribution in [3.63, 3.8) is 0 Å². The van der Waals surface area contributed by atoms with E-state index in [9.17, 15) is 5.26 Å². The molecular weight excluding hydrogens is 679 g/mol. The lowest BCUT2D eigenvalue weighted by Crippen LogP contribution is -2.16. The molecular formula is C53H37N3. The lowest BCUT2D eigenvalue weighted by Gasteiger charge is -2.29. The van der Waals surface area contributed by atoms with Crippen LogP contribution < -0.4 is 10.6 Å². The molecule has 10 rings (SSSR count). The van der Waals surface area contributed by atoms with Gasteiger partial charge in [0.25, 0.3) is 0 Å². The summed E-state index contributed by atoms with van der Waals surface area (Å²) in [5.41, 5.74) is 23.2. The van der Waals surface area contributed by atoms with Gasteiger partial charge in [-0.15, -0.1) is 0 Å². The molecule has 1 unspecified atom stereocenters. The number of fused-ring (bicyclic) bond motifs is 4. The van der Waals surface area contributed by atoms with E-state index in [0.29, 0.717) is 5.56 Å². The first-order chi connectivity index (χ1) is 27.6. The van der Waals surface area contributed by atoms with Gasteiger partial charge in [-0.1, -0.05) is 158 Å². The molecule has 0 bridgehead atoms. The topological polar surface area (TPSA) is 53.0 Å². The van der Waals surface area contributed by atoms with Crippen molar-refractivity contribution in [2.75, 3.05) is 4.90 Å². The summed E-state index contributed by atoms with van der Waals surface area (Å²) in [5.74, 6) is 0. The second-order valence-electron chi connectivity index (χ2n) is 14.5. The maximum atomic E-state index is 10.2. The average molecular weight is 716 g/mol. The van der Waals surface area contributed by atoms with Crippen molar-refractivity contribution in [2.24, 2.45) is 5.73 Å². The minimum Gasteiger partial charge on any atom is -0.324 e. The standard InChI is InChI=1S/C53H37N3/c1-34(55)40-20-11-13-26-48(40)56(47-25-12-8-19-38(47)33-54)39-29-27-35(28-30-39)41-31-32-46-51-42(41)23-14-24-45(51)52-49(36-15-4-2-5-16-36)43-21-9-10-22-44(43)50(53(46)52)37-17-6-3-7-18-37/h2-32,34H,55H2,1H3. The molecule has 9 aromatic carbocycles. The average Bonchev–Trinajstić information content (AvgIpc) is 3.59. The number of rotatable bonds is 7. The summed E-state index contributed by atoms with van der Waals surface area (Å²) in [5, 5.41) is 15.2. The third-order valence-electron chi connectivity index (χ3n) is 11.3. The van der Waals surface area contributed by atoms with Crippen LogP contribution in [0.2, 0.25) is 0 Å². The molecule has 0 amide bonds. The first-order valence-corrected chi connectivity index (χ1v) is 19.1. The van der Waals surface area contributed by atoms with Gasteiger partial charge in [-0.05, 0) is 120 Å². The fourth-order valence-electron chi connectivity index (χ4n) is 8.90. The molecule has 0 spiro atoms. The molecule has 0 radical (unpaired) electrons. The number of hydrogen-bond donors (Lipinski definition) is 1. The van der Waals surface area contributed by atoms with Gasteiger partial charge in [0.15, 0.2) is 0 Å². The van der Waals surface area contributed by atoms with Crippen LogP contribution in [0.4, 0.5) is 17.1 Å². The molecule has 3 heteroatoms. The Morgan fingerprint density at radius 1 is 0.446 bits per heavy atom. The van der Waals surface area contributed by atoms with Crippen LogP contribution in [-0.4, -0.2) is 0 Å². The molecule has 3 nitrogen and oxygen atoms in total. The lowest BCUT2D eigenvalue weighted by atomic mass is 9.82. The first kappa shape index (κ1) is 33.3. The smallest absolute Gasteiger partial charge is 0.101 e. The quantitative estimate of drug-likeness (QED) is 0.179. The molecule has 1 aliphatic carbocycles. The van der Waals surface area contributed by atoms with Crippen LogP contribution in [-0.2, 0) is 0 Å². The summed E-state index contributed by atoms with van der Waals surface area (Å²) in [6.07, 6.45) is 0. The Balaban J connectivity index is 1.18. The van der Waals surface area contributed by atoms with Gasteiger partial charge < -0.3 is 10.6 Å². The Morgan fingerprint density at radius 2 is 0.964 bits per heavy atom. The van der Waals surface area contributed by atoms with Gasteiger partial charge in [0.05, 0.1) is 16.9 Å². The van der Waals surface area contributed by atoms with Crippen molar-refractivity contribution >= 4 is 38.6 Å². The zero-order valence-corrected chi connectivity index (χ0v) is 30.9. The molecule has 2 N–H and O–H groups in total. The molecule has 0 saturated carbocycles. The van der Waals surface area contributed by atoms with Gasteiger partial charge >= 0.3 is 0 Å². The summed E-state index contributed by atoms with van der Waals surface area (Å²) < 4.78 is 0. The van der Waals surface area contributed by atoms with Crippen molar-refractivity contribution in [1.29, 1.82) is 5.26 Å². The second kappa shape index (κ2) is 13.6. The van der Waals surface area contributed by atoms with Crippen molar-refractivity contribution in [3.05, 3.63) is 199 Å². The minimum absolute atomic E-state index is 0.192. The van der Waals surface area contributed by atoms with Crippen LogP contribution in [0, 0.1) is 11.3 Å². The fraction of sp³-hybridized carbons (Fsp3) is 0.0377. The highest BCUT2D eigenvalue weighted by Gasteiger charge is 2.31. The number of nitrogens with zero attached hydrogens (tertiary/aromatic N) is 2. The first-order valence-electron chi connectivity index (χ1n) is 19.1. The molecule has 0 aliphatic heterocycles. The molecule has 0 saturated heterocycles. The van der Waals surface area contributed by atoms with Gasteiger partial charge in [0.1, 0.15) is 6.07 Å². The van der Waals surface area contributed by atoms with E-state index in [1.54, 1.807) is 0 Å². The summed E-state index contributed by atoms with van der Waals surface area (Å²) >= 11 is 0. The van der Waals surface area contributed by atoms with Crippen molar-refractivity contribution in [3.8, 4) is 61.7 Å². The second-order valence-corrected chi connectivity index (χ2v) is 14.5. The molecule has 0 aromatic heterocycles. The lowest BCUT2D eigenvalue weighted by molar-refractivity contribution is 0.817. The molecule has 264 valence electrons. The van der Waals surface area contributed by atoms with E-state index >= 15 is 0 Å². The number of nitriles is 1. The van der Waals surface area contributed by atoms with Crippen LogP contribution >= 0.6 is 0 Å². The summed E-state index contributed by atoms with van der Waals surface area (Å²) in [6, 6.07) is 68.9. The predicted molar refractivity (Wildman–Crippen MR) is 234 cm³/mol. The number of anilines is 3. The monoisotopic (exact) mass is 715 g/mol. The Hall–Kier alpha value is -7.25. The van der Waals surface area contributed by atoms with E-state index in [4.69, 9.17) is 5.73 Å². The summed E-state index contributed by atoms with van der Waals surface area (Å²) in [4.78, 5) is 2.16. The summed E-state index contributed by atoms with van der Waals surface area (Å²) in [7, 11) is 0. The Bertz CT molecular complexity index is 2900. The largest absolute Gasteiger partial charge is 0.324 e. The van der Waals surface area contributed by atoms with E-state index in [-0.39, 0.29) is 6.04 Å². The van der Waals surface area contributed by atoms with Gasteiger partial charge in [0.2, 0.25) is 0 Å². The number of benzene rings is 9. The number of para-hydroxylation sites is 2. The number of hydrogen-bond acceptors (Lipinski definition) is 3. The summed E-state index contributed by atoms with van der Waals surface area (Å²) in [6.45, 7) is 2.00. The highest BCUT2D eigenvalue weighted by Crippen LogP contribution is 2.58. The molecule has 56 heavy (non-hydrogen) atoms. The third kappa shape index (κ3) is 5.23. The van der Waals surface area contributed by atoms with Gasteiger partial charge in [-0.3, -0.25) is 0 Å². The molecule has 0 fully saturated rings. The van der Waals surface area contributed by atoms with Crippen molar-refractivity contribution in [2.45, 2.75) is 13.0 Å². The third-order valence-corrected chi connectivity index (χ3v) is 11.3. The zero-order valence-electron chi connectivity index (χ0n) is 30.9. The highest BCUT2D eigenvalue weighted by molar-refractivity contribution is 6.28. The highest BCUT2D eigenvalue weighted by atomic mass is 15.1. The van der Waals surface area contributed by atoms with Crippen LogP contribution in [0.5, 0.6) is 0 Å². The zero-order chi connectivity index (χ0) is 37.8. The van der Waals surface area contributed by atoms with Crippen LogP contribution in [0.1, 0.15) is 24.1 Å². The van der Waals surface area contributed by atoms with Crippen LogP contribution in [0.3, 0.4) is 0 Å². The molecule has 1 aliphatic rings. The maximum Gasteiger partial charge on any atom is 0.101 e. The van der Waals surface area contributed by atoms with E-state index < -0.39 is 0 Å².